The van der Waals surface area contributed by atoms with E-state index in [0.29, 0.717) is 6.42 Å². The van der Waals surface area contributed by atoms with Gasteiger partial charge >= 0.3 is 0 Å². The van der Waals surface area contributed by atoms with E-state index in [0.717, 1.165) is 46.0 Å². The Bertz CT molecular complexity index is 850. The zero-order valence-electron chi connectivity index (χ0n) is 17.5. The molecule has 1 saturated heterocycles. The Balaban J connectivity index is 0.00000320. The minimum absolute atomic E-state index is 0. The second-order valence-electron chi connectivity index (χ2n) is 8.15. The Morgan fingerprint density at radius 3 is 2.20 bits per heavy atom. The van der Waals surface area contributed by atoms with E-state index in [-0.39, 0.29) is 35.6 Å². The van der Waals surface area contributed by atoms with E-state index in [1.165, 1.54) is 12.1 Å². The summed E-state index contributed by atoms with van der Waals surface area (Å²) in [5.74, 6) is -0.128. The average molecular weight is 563 g/mol. The molecule has 1 amide bonds. The fourth-order valence-electron chi connectivity index (χ4n) is 4.09. The van der Waals surface area contributed by atoms with Gasteiger partial charge in [0.15, 0.2) is 0 Å². The number of amides is 1. The van der Waals surface area contributed by atoms with Crippen LogP contribution in [0.4, 0.5) is 4.39 Å². The number of nitrogens with zero attached hydrogens (tertiary/aromatic N) is 2. The fourth-order valence-corrected chi connectivity index (χ4v) is 5.42. The Labute approximate surface area is 201 Å². The van der Waals surface area contributed by atoms with Gasteiger partial charge in [0, 0.05) is 27.8 Å². The third-order valence-corrected chi connectivity index (χ3v) is 7.15. The molecule has 1 heterocycles. The molecule has 30 heavy (non-hydrogen) atoms. The largest absolute Gasteiger partial charge is 0.339 e. The number of rotatable bonds is 5. The molecule has 0 radical (unpaired) electrons. The van der Waals surface area contributed by atoms with E-state index in [4.69, 9.17) is 0 Å². The van der Waals surface area contributed by atoms with Crippen LogP contribution in [-0.4, -0.2) is 42.9 Å². The molecule has 3 rings (SSSR count). The quantitative estimate of drug-likeness (QED) is 0.424. The molecule has 2 aromatic carbocycles. The van der Waals surface area contributed by atoms with E-state index >= 15 is 0 Å². The molecular weight excluding hydrogens is 535 g/mol. The van der Waals surface area contributed by atoms with Gasteiger partial charge in [-0.25, -0.2) is 4.39 Å². The summed E-state index contributed by atoms with van der Waals surface area (Å²) in [6.07, 6.45) is 2.22. The molecule has 0 N–H and O–H groups in total. The van der Waals surface area contributed by atoms with Gasteiger partial charge in [0.25, 0.3) is 0 Å². The van der Waals surface area contributed by atoms with Crippen LogP contribution in [0.3, 0.4) is 0 Å². The Hall–Kier alpha value is -0.950. The molecule has 1 aliphatic rings. The Kier molecular flexibility index (Phi) is 8.92. The maximum atomic E-state index is 13.5. The van der Waals surface area contributed by atoms with E-state index in [9.17, 15) is 9.18 Å². The zero-order valence-corrected chi connectivity index (χ0v) is 21.5. The standard InChI is InChI=1S/C23H27Br2FN2O.ClH/c1-16(17-12-19(24)14-20(25)13-17)28(3)22(29)15-23(8-10-27(2)11-9-23)18-4-6-21(26)7-5-18;/h4-7,12-14,16H,8-11,15H2,1-3H3;1H. The lowest BCUT2D eigenvalue weighted by molar-refractivity contribution is -0.133. The van der Waals surface area contributed by atoms with Crippen LogP contribution in [0, 0.1) is 5.82 Å². The van der Waals surface area contributed by atoms with Gasteiger partial charge in [0.1, 0.15) is 5.82 Å². The molecule has 0 saturated carbocycles. The number of halogens is 4. The summed E-state index contributed by atoms with van der Waals surface area (Å²) in [7, 11) is 3.98. The minimum Gasteiger partial charge on any atom is -0.339 e. The number of likely N-dealkylation sites (tertiary alicyclic amines) is 1. The smallest absolute Gasteiger partial charge is 0.223 e. The Morgan fingerprint density at radius 2 is 1.67 bits per heavy atom. The number of carbonyl (C=O) groups excluding carboxylic acids is 1. The van der Waals surface area contributed by atoms with E-state index in [2.05, 4.69) is 43.8 Å². The van der Waals surface area contributed by atoms with Gasteiger partial charge in [0.2, 0.25) is 5.91 Å². The van der Waals surface area contributed by atoms with Gasteiger partial charge in [0.05, 0.1) is 6.04 Å². The number of carbonyl (C=O) groups is 1. The normalized spacial score (nSPS) is 17.1. The maximum absolute atomic E-state index is 13.5. The van der Waals surface area contributed by atoms with Crippen LogP contribution in [0.15, 0.2) is 51.4 Å². The molecule has 0 aliphatic carbocycles. The number of benzene rings is 2. The maximum Gasteiger partial charge on any atom is 0.223 e. The monoisotopic (exact) mass is 560 g/mol. The van der Waals surface area contributed by atoms with E-state index in [1.807, 2.05) is 49.2 Å². The van der Waals surface area contributed by atoms with Gasteiger partial charge in [-0.15, -0.1) is 12.4 Å². The van der Waals surface area contributed by atoms with Gasteiger partial charge in [-0.2, -0.15) is 0 Å². The van der Waals surface area contributed by atoms with Crippen LogP contribution in [0.5, 0.6) is 0 Å². The SMILES string of the molecule is CC(c1cc(Br)cc(Br)c1)N(C)C(=O)CC1(c2ccc(F)cc2)CCN(C)CC1.Cl. The molecule has 1 atom stereocenters. The van der Waals surface area contributed by atoms with Gasteiger partial charge in [-0.05, 0) is 81.4 Å². The topological polar surface area (TPSA) is 23.6 Å². The lowest BCUT2D eigenvalue weighted by Gasteiger charge is -2.42. The van der Waals surface area contributed by atoms with Crippen molar-refractivity contribution in [1.29, 1.82) is 0 Å². The molecule has 0 aromatic heterocycles. The van der Waals surface area contributed by atoms with E-state index < -0.39 is 0 Å². The first-order valence-corrected chi connectivity index (χ1v) is 11.4. The lowest BCUT2D eigenvalue weighted by atomic mass is 9.70. The highest BCUT2D eigenvalue weighted by molar-refractivity contribution is 9.11. The first-order chi connectivity index (χ1) is 13.7. The molecule has 0 spiro atoms. The summed E-state index contributed by atoms with van der Waals surface area (Å²) in [6, 6.07) is 12.7. The fraction of sp³-hybridized carbons (Fsp3) is 0.435. The van der Waals surface area contributed by atoms with Crippen molar-refractivity contribution in [2.45, 2.75) is 37.6 Å². The van der Waals surface area contributed by atoms with Crippen molar-refractivity contribution in [1.82, 2.24) is 9.80 Å². The predicted molar refractivity (Wildman–Crippen MR) is 130 cm³/mol. The third-order valence-electron chi connectivity index (χ3n) is 6.23. The van der Waals surface area contributed by atoms with Crippen molar-refractivity contribution in [3.63, 3.8) is 0 Å². The van der Waals surface area contributed by atoms with Crippen molar-refractivity contribution in [2.24, 2.45) is 0 Å². The lowest BCUT2D eigenvalue weighted by Crippen LogP contribution is -2.44. The summed E-state index contributed by atoms with van der Waals surface area (Å²) in [4.78, 5) is 17.5. The summed E-state index contributed by atoms with van der Waals surface area (Å²) in [5, 5.41) is 0. The highest BCUT2D eigenvalue weighted by Gasteiger charge is 2.38. The van der Waals surface area contributed by atoms with Crippen molar-refractivity contribution in [3.8, 4) is 0 Å². The van der Waals surface area contributed by atoms with Crippen LogP contribution in [-0.2, 0) is 10.2 Å². The van der Waals surface area contributed by atoms with Gasteiger partial charge in [-0.1, -0.05) is 44.0 Å². The van der Waals surface area contributed by atoms with Gasteiger partial charge < -0.3 is 9.80 Å². The average Bonchev–Trinajstić information content (AvgIpc) is 2.68. The minimum atomic E-state index is -0.247. The number of hydrogen-bond acceptors (Lipinski definition) is 2. The van der Waals surface area contributed by atoms with Crippen LogP contribution >= 0.6 is 44.3 Å². The molecule has 1 unspecified atom stereocenters. The Morgan fingerprint density at radius 1 is 1.13 bits per heavy atom. The summed E-state index contributed by atoms with van der Waals surface area (Å²) in [5.41, 5.74) is 1.89. The number of hydrogen-bond donors (Lipinski definition) is 0. The van der Waals surface area contributed by atoms with E-state index in [1.54, 1.807) is 0 Å². The first kappa shape index (κ1) is 25.3. The number of piperidine rings is 1. The first-order valence-electron chi connectivity index (χ1n) is 9.86. The van der Waals surface area contributed by atoms with Gasteiger partial charge in [-0.3, -0.25) is 4.79 Å². The second-order valence-corrected chi connectivity index (χ2v) is 9.98. The van der Waals surface area contributed by atoms with Crippen LogP contribution < -0.4 is 0 Å². The molecule has 1 aliphatic heterocycles. The van der Waals surface area contributed by atoms with Crippen molar-refractivity contribution in [2.75, 3.05) is 27.2 Å². The molecule has 1 fully saturated rings. The highest BCUT2D eigenvalue weighted by Crippen LogP contribution is 2.39. The molecule has 164 valence electrons. The summed E-state index contributed by atoms with van der Waals surface area (Å²) < 4.78 is 15.5. The van der Waals surface area contributed by atoms with Crippen molar-refractivity contribution in [3.05, 3.63) is 68.4 Å². The molecule has 2 aromatic rings. The van der Waals surface area contributed by atoms with Crippen molar-refractivity contribution < 1.29 is 9.18 Å². The zero-order chi connectivity index (χ0) is 21.2. The predicted octanol–water partition coefficient (Wildman–Crippen LogP) is 6.35. The molecule has 0 bridgehead atoms. The highest BCUT2D eigenvalue weighted by atomic mass is 79.9. The van der Waals surface area contributed by atoms with Crippen LogP contribution in [0.1, 0.15) is 43.4 Å². The van der Waals surface area contributed by atoms with Crippen LogP contribution in [0.2, 0.25) is 0 Å². The summed E-state index contributed by atoms with van der Waals surface area (Å²) >= 11 is 7.06. The third kappa shape index (κ3) is 5.84. The van der Waals surface area contributed by atoms with Crippen molar-refractivity contribution >= 4 is 50.2 Å². The molecule has 3 nitrogen and oxygen atoms in total. The van der Waals surface area contributed by atoms with Crippen LogP contribution in [0.25, 0.3) is 0 Å². The molecular formula is C23H28Br2ClFN2O. The second kappa shape index (κ2) is 10.6. The molecule has 7 heteroatoms. The summed E-state index contributed by atoms with van der Waals surface area (Å²) in [6.45, 7) is 3.91.